The van der Waals surface area contributed by atoms with Crippen LogP contribution < -0.4 is 5.73 Å². The van der Waals surface area contributed by atoms with E-state index in [-0.39, 0.29) is 5.60 Å². The van der Waals surface area contributed by atoms with Gasteiger partial charge in [-0.25, -0.2) is 0 Å². The molecule has 3 nitrogen and oxygen atoms in total. The number of hydrogen-bond donors (Lipinski definition) is 1. The van der Waals surface area contributed by atoms with Gasteiger partial charge >= 0.3 is 0 Å². The Balaban J connectivity index is 1.88. The normalized spacial score (nSPS) is 34.2. The summed E-state index contributed by atoms with van der Waals surface area (Å²) in [6.07, 6.45) is 4.69. The van der Waals surface area contributed by atoms with Crippen LogP contribution in [0.4, 0.5) is 0 Å². The standard InChI is InChI=1S/C12H24N2O/c1-12(2)9-11(5-8-15-12)14-6-3-10(13)4-7-14/h10-11H,3-9,13H2,1-2H3. The number of rotatable bonds is 1. The summed E-state index contributed by atoms with van der Waals surface area (Å²) in [5.41, 5.74) is 6.00. The van der Waals surface area contributed by atoms with Crippen molar-refractivity contribution in [2.45, 2.75) is 57.2 Å². The minimum Gasteiger partial charge on any atom is -0.375 e. The fourth-order valence-corrected chi connectivity index (χ4v) is 2.80. The maximum absolute atomic E-state index is 5.93. The molecule has 2 heterocycles. The predicted molar refractivity (Wildman–Crippen MR) is 61.8 cm³/mol. The lowest BCUT2D eigenvalue weighted by Crippen LogP contribution is -2.50. The highest BCUT2D eigenvalue weighted by atomic mass is 16.5. The first-order valence-electron chi connectivity index (χ1n) is 6.20. The van der Waals surface area contributed by atoms with Gasteiger partial charge in [0.2, 0.25) is 0 Å². The van der Waals surface area contributed by atoms with E-state index in [4.69, 9.17) is 10.5 Å². The molecule has 1 atom stereocenters. The molecule has 2 rings (SSSR count). The van der Waals surface area contributed by atoms with E-state index in [2.05, 4.69) is 18.7 Å². The van der Waals surface area contributed by atoms with Crippen LogP contribution in [-0.2, 0) is 4.74 Å². The third-order valence-electron chi connectivity index (χ3n) is 3.76. The van der Waals surface area contributed by atoms with Crippen molar-refractivity contribution in [1.82, 2.24) is 4.90 Å². The second-order valence-electron chi connectivity index (χ2n) is 5.63. The van der Waals surface area contributed by atoms with Crippen molar-refractivity contribution in [2.75, 3.05) is 19.7 Å². The first-order valence-corrected chi connectivity index (χ1v) is 6.20. The van der Waals surface area contributed by atoms with Gasteiger partial charge in [0.05, 0.1) is 5.60 Å². The molecule has 2 saturated heterocycles. The van der Waals surface area contributed by atoms with E-state index in [1.807, 2.05) is 0 Å². The first kappa shape index (κ1) is 11.4. The quantitative estimate of drug-likeness (QED) is 0.713. The van der Waals surface area contributed by atoms with Crippen LogP contribution in [0.25, 0.3) is 0 Å². The second-order valence-corrected chi connectivity index (χ2v) is 5.63. The van der Waals surface area contributed by atoms with Crippen molar-refractivity contribution in [3.63, 3.8) is 0 Å². The van der Waals surface area contributed by atoms with Gasteiger partial charge in [0.25, 0.3) is 0 Å². The van der Waals surface area contributed by atoms with Crippen LogP contribution in [0.15, 0.2) is 0 Å². The van der Waals surface area contributed by atoms with Gasteiger partial charge in [-0.3, -0.25) is 0 Å². The van der Waals surface area contributed by atoms with E-state index >= 15 is 0 Å². The molecule has 0 saturated carbocycles. The highest BCUT2D eigenvalue weighted by Crippen LogP contribution is 2.28. The molecule has 0 aromatic carbocycles. The summed E-state index contributed by atoms with van der Waals surface area (Å²) >= 11 is 0. The zero-order chi connectivity index (χ0) is 10.9. The lowest BCUT2D eigenvalue weighted by Gasteiger charge is -2.43. The van der Waals surface area contributed by atoms with E-state index in [9.17, 15) is 0 Å². The minimum absolute atomic E-state index is 0.0719. The molecule has 1 unspecified atom stereocenters. The highest BCUT2D eigenvalue weighted by molar-refractivity contribution is 4.87. The Hall–Kier alpha value is -0.120. The highest BCUT2D eigenvalue weighted by Gasteiger charge is 2.33. The van der Waals surface area contributed by atoms with Crippen LogP contribution >= 0.6 is 0 Å². The minimum atomic E-state index is 0.0719. The summed E-state index contributed by atoms with van der Waals surface area (Å²) < 4.78 is 5.76. The van der Waals surface area contributed by atoms with Gasteiger partial charge in [-0.15, -0.1) is 0 Å². The molecule has 3 heteroatoms. The monoisotopic (exact) mass is 212 g/mol. The van der Waals surface area contributed by atoms with E-state index in [0.29, 0.717) is 6.04 Å². The molecule has 0 spiro atoms. The first-order chi connectivity index (χ1) is 7.07. The summed E-state index contributed by atoms with van der Waals surface area (Å²) in [5.74, 6) is 0. The topological polar surface area (TPSA) is 38.5 Å². The summed E-state index contributed by atoms with van der Waals surface area (Å²) in [5, 5.41) is 0. The number of nitrogens with two attached hydrogens (primary N) is 1. The molecule has 2 fully saturated rings. The Kier molecular flexibility index (Phi) is 3.33. The average molecular weight is 212 g/mol. The summed E-state index contributed by atoms with van der Waals surface area (Å²) in [7, 11) is 0. The maximum atomic E-state index is 5.93. The van der Waals surface area contributed by atoms with Crippen molar-refractivity contribution in [3.05, 3.63) is 0 Å². The van der Waals surface area contributed by atoms with E-state index in [1.54, 1.807) is 0 Å². The predicted octanol–water partition coefficient (Wildman–Crippen LogP) is 1.37. The molecular weight excluding hydrogens is 188 g/mol. The molecule has 0 radical (unpaired) electrons. The number of ether oxygens (including phenoxy) is 1. The molecule has 88 valence electrons. The molecule has 2 aliphatic rings. The Labute approximate surface area is 93.0 Å². The molecule has 2 aliphatic heterocycles. The summed E-state index contributed by atoms with van der Waals surface area (Å²) in [6, 6.07) is 1.16. The van der Waals surface area contributed by atoms with Crippen molar-refractivity contribution < 1.29 is 4.74 Å². The van der Waals surface area contributed by atoms with Crippen LogP contribution in [0, 0.1) is 0 Å². The van der Waals surface area contributed by atoms with Gasteiger partial charge in [-0.1, -0.05) is 0 Å². The van der Waals surface area contributed by atoms with Crippen LogP contribution in [0.3, 0.4) is 0 Å². The van der Waals surface area contributed by atoms with Crippen molar-refractivity contribution in [2.24, 2.45) is 5.73 Å². The van der Waals surface area contributed by atoms with Gasteiger partial charge in [-0.05, 0) is 52.6 Å². The van der Waals surface area contributed by atoms with Crippen LogP contribution in [0.5, 0.6) is 0 Å². The van der Waals surface area contributed by atoms with Crippen LogP contribution in [0.1, 0.15) is 39.5 Å². The molecule has 2 N–H and O–H groups in total. The van der Waals surface area contributed by atoms with Crippen molar-refractivity contribution in [3.8, 4) is 0 Å². The largest absolute Gasteiger partial charge is 0.375 e. The lowest BCUT2D eigenvalue weighted by atomic mass is 9.91. The average Bonchev–Trinajstić information content (AvgIpc) is 2.17. The third kappa shape index (κ3) is 2.92. The molecule has 0 aliphatic carbocycles. The fourth-order valence-electron chi connectivity index (χ4n) is 2.80. The van der Waals surface area contributed by atoms with Crippen molar-refractivity contribution >= 4 is 0 Å². The third-order valence-corrected chi connectivity index (χ3v) is 3.76. The SMILES string of the molecule is CC1(C)CC(N2CCC(N)CC2)CCO1. The summed E-state index contributed by atoms with van der Waals surface area (Å²) in [6.45, 7) is 7.69. The lowest BCUT2D eigenvalue weighted by molar-refractivity contribution is -0.0856. The Morgan fingerprint density at radius 2 is 1.87 bits per heavy atom. The Morgan fingerprint density at radius 1 is 1.20 bits per heavy atom. The molecule has 0 amide bonds. The van der Waals surface area contributed by atoms with Crippen LogP contribution in [0.2, 0.25) is 0 Å². The smallest absolute Gasteiger partial charge is 0.0641 e. The second kappa shape index (κ2) is 4.40. The molecule has 0 aromatic heterocycles. The van der Waals surface area contributed by atoms with Gasteiger partial charge in [0.15, 0.2) is 0 Å². The number of likely N-dealkylation sites (tertiary alicyclic amines) is 1. The van der Waals surface area contributed by atoms with Gasteiger partial charge in [-0.2, -0.15) is 0 Å². The Morgan fingerprint density at radius 3 is 2.47 bits per heavy atom. The van der Waals surface area contributed by atoms with Crippen LogP contribution in [-0.4, -0.2) is 42.3 Å². The van der Waals surface area contributed by atoms with E-state index in [0.717, 1.165) is 25.5 Å². The van der Waals surface area contributed by atoms with Gasteiger partial charge in [0.1, 0.15) is 0 Å². The summed E-state index contributed by atoms with van der Waals surface area (Å²) in [4.78, 5) is 2.62. The zero-order valence-electron chi connectivity index (χ0n) is 10.0. The van der Waals surface area contributed by atoms with E-state index in [1.165, 1.54) is 25.9 Å². The number of hydrogen-bond acceptors (Lipinski definition) is 3. The maximum Gasteiger partial charge on any atom is 0.0641 e. The van der Waals surface area contributed by atoms with Crippen molar-refractivity contribution in [1.29, 1.82) is 0 Å². The molecule has 15 heavy (non-hydrogen) atoms. The van der Waals surface area contributed by atoms with Gasteiger partial charge in [0, 0.05) is 18.7 Å². The molecular formula is C12H24N2O. The van der Waals surface area contributed by atoms with Gasteiger partial charge < -0.3 is 15.4 Å². The zero-order valence-corrected chi connectivity index (χ0v) is 10.0. The number of nitrogens with zero attached hydrogens (tertiary/aromatic N) is 1. The fraction of sp³-hybridized carbons (Fsp3) is 1.00. The molecule has 0 aromatic rings. The number of piperidine rings is 1. The Bertz CT molecular complexity index is 210. The van der Waals surface area contributed by atoms with E-state index < -0.39 is 0 Å². The molecule has 0 bridgehead atoms.